The van der Waals surface area contributed by atoms with Crippen molar-refractivity contribution in [3.05, 3.63) is 24.5 Å². The van der Waals surface area contributed by atoms with E-state index in [1.807, 2.05) is 0 Å². The van der Waals surface area contributed by atoms with Crippen LogP contribution in [-0.2, 0) is 14.3 Å². The van der Waals surface area contributed by atoms with Crippen molar-refractivity contribution in [1.82, 2.24) is 0 Å². The molecule has 0 saturated heterocycles. The Morgan fingerprint density at radius 3 is 2.61 bits per heavy atom. The van der Waals surface area contributed by atoms with E-state index >= 15 is 0 Å². The lowest BCUT2D eigenvalue weighted by Gasteiger charge is -2.03. The zero-order valence-electron chi connectivity index (χ0n) is 11.7. The first kappa shape index (κ1) is 16.8. The van der Waals surface area contributed by atoms with E-state index in [-0.39, 0.29) is 5.97 Å². The van der Waals surface area contributed by atoms with Gasteiger partial charge in [0.15, 0.2) is 0 Å². The van der Waals surface area contributed by atoms with E-state index in [1.165, 1.54) is 25.7 Å². The third-order valence-electron chi connectivity index (χ3n) is 2.40. The maximum atomic E-state index is 11.0. The first-order chi connectivity index (χ1) is 8.68. The molecule has 0 aromatic rings. The van der Waals surface area contributed by atoms with Gasteiger partial charge in [-0.2, -0.15) is 0 Å². The Morgan fingerprint density at radius 1 is 1.17 bits per heavy atom. The number of hydrogen-bond acceptors (Lipinski definition) is 3. The Balaban J connectivity index is 3.22. The molecule has 0 spiro atoms. The minimum absolute atomic E-state index is 0.332. The highest BCUT2D eigenvalue weighted by molar-refractivity contribution is 5.86. The number of carbonyl (C=O) groups excluding carboxylic acids is 1. The van der Waals surface area contributed by atoms with Crippen LogP contribution in [0.3, 0.4) is 0 Å². The van der Waals surface area contributed by atoms with Crippen LogP contribution in [0.4, 0.5) is 0 Å². The first-order valence-electron chi connectivity index (χ1n) is 6.77. The van der Waals surface area contributed by atoms with E-state index in [0.717, 1.165) is 6.42 Å². The van der Waals surface area contributed by atoms with Crippen LogP contribution in [-0.4, -0.2) is 19.2 Å². The van der Waals surface area contributed by atoms with Gasteiger partial charge in [-0.1, -0.05) is 32.8 Å². The third kappa shape index (κ3) is 11.2. The molecule has 0 aliphatic heterocycles. The highest BCUT2D eigenvalue weighted by Crippen LogP contribution is 2.02. The van der Waals surface area contributed by atoms with E-state index in [4.69, 9.17) is 9.47 Å². The standard InChI is InChI=1S/C15H26O3/c1-4-5-6-7-8-9-11-17-12-10-13-18-15(16)14(2)3/h9,11H,2,4-8,10,12-13H2,1,3H3. The second kappa shape index (κ2) is 12.2. The summed E-state index contributed by atoms with van der Waals surface area (Å²) in [6.07, 6.45) is 10.7. The quantitative estimate of drug-likeness (QED) is 0.242. The fraction of sp³-hybridized carbons (Fsp3) is 0.667. The molecule has 18 heavy (non-hydrogen) atoms. The molecule has 0 aromatic carbocycles. The van der Waals surface area contributed by atoms with E-state index < -0.39 is 0 Å². The molecule has 104 valence electrons. The largest absolute Gasteiger partial charge is 0.501 e. The SMILES string of the molecule is C=C(C)C(=O)OCCCOC=CCCCCCC. The van der Waals surface area contributed by atoms with Crippen LogP contribution < -0.4 is 0 Å². The molecule has 0 aliphatic carbocycles. The maximum Gasteiger partial charge on any atom is 0.333 e. The summed E-state index contributed by atoms with van der Waals surface area (Å²) in [5, 5.41) is 0. The number of hydrogen-bond donors (Lipinski definition) is 0. The van der Waals surface area contributed by atoms with Gasteiger partial charge in [-0.05, 0) is 25.8 Å². The number of rotatable bonds is 11. The smallest absolute Gasteiger partial charge is 0.333 e. The van der Waals surface area contributed by atoms with Gasteiger partial charge in [0.05, 0.1) is 19.5 Å². The Labute approximate surface area is 111 Å². The Kier molecular flexibility index (Phi) is 11.4. The van der Waals surface area contributed by atoms with Crippen molar-refractivity contribution in [2.75, 3.05) is 13.2 Å². The van der Waals surface area contributed by atoms with Crippen LogP contribution in [0.1, 0.15) is 52.4 Å². The van der Waals surface area contributed by atoms with Crippen LogP contribution >= 0.6 is 0 Å². The molecule has 3 nitrogen and oxygen atoms in total. The lowest BCUT2D eigenvalue weighted by Crippen LogP contribution is -2.07. The minimum atomic E-state index is -0.332. The van der Waals surface area contributed by atoms with E-state index in [0.29, 0.717) is 25.2 Å². The fourth-order valence-corrected chi connectivity index (χ4v) is 1.32. The Hall–Kier alpha value is -1.25. The highest BCUT2D eigenvalue weighted by atomic mass is 16.5. The molecule has 0 atom stereocenters. The molecule has 0 heterocycles. The summed E-state index contributed by atoms with van der Waals surface area (Å²) in [6, 6.07) is 0. The van der Waals surface area contributed by atoms with Crippen molar-refractivity contribution in [3.8, 4) is 0 Å². The van der Waals surface area contributed by atoms with E-state index in [1.54, 1.807) is 13.2 Å². The average molecular weight is 254 g/mol. The molecule has 0 fully saturated rings. The number of unbranched alkanes of at least 4 members (excludes halogenated alkanes) is 4. The summed E-state index contributed by atoms with van der Waals surface area (Å²) in [6.45, 7) is 8.32. The minimum Gasteiger partial charge on any atom is -0.501 e. The zero-order valence-corrected chi connectivity index (χ0v) is 11.7. The van der Waals surface area contributed by atoms with Gasteiger partial charge in [-0.15, -0.1) is 0 Å². The van der Waals surface area contributed by atoms with Crippen molar-refractivity contribution in [1.29, 1.82) is 0 Å². The molecule has 0 aromatic heterocycles. The first-order valence-corrected chi connectivity index (χ1v) is 6.77. The number of ether oxygens (including phenoxy) is 2. The van der Waals surface area contributed by atoms with Gasteiger partial charge < -0.3 is 9.47 Å². The fourth-order valence-electron chi connectivity index (χ4n) is 1.32. The van der Waals surface area contributed by atoms with Gasteiger partial charge in [0.1, 0.15) is 0 Å². The summed E-state index contributed by atoms with van der Waals surface area (Å²) >= 11 is 0. The normalized spacial score (nSPS) is 10.6. The lowest BCUT2D eigenvalue weighted by atomic mass is 10.1. The number of carbonyl (C=O) groups is 1. The lowest BCUT2D eigenvalue weighted by molar-refractivity contribution is -0.139. The number of allylic oxidation sites excluding steroid dienone is 1. The van der Waals surface area contributed by atoms with Crippen LogP contribution in [0.15, 0.2) is 24.5 Å². The maximum absolute atomic E-state index is 11.0. The summed E-state index contributed by atoms with van der Waals surface area (Å²) in [7, 11) is 0. The molecule has 3 heteroatoms. The zero-order chi connectivity index (χ0) is 13.6. The van der Waals surface area contributed by atoms with E-state index in [2.05, 4.69) is 19.6 Å². The van der Waals surface area contributed by atoms with Gasteiger partial charge in [-0.25, -0.2) is 4.79 Å². The molecule has 0 bridgehead atoms. The summed E-state index contributed by atoms with van der Waals surface area (Å²) in [4.78, 5) is 11.0. The van der Waals surface area contributed by atoms with Crippen molar-refractivity contribution in [2.45, 2.75) is 52.4 Å². The van der Waals surface area contributed by atoms with Crippen LogP contribution in [0.2, 0.25) is 0 Å². The average Bonchev–Trinajstić information content (AvgIpc) is 2.35. The molecule has 0 rings (SSSR count). The molecular weight excluding hydrogens is 228 g/mol. The van der Waals surface area contributed by atoms with Crippen LogP contribution in [0.5, 0.6) is 0 Å². The highest BCUT2D eigenvalue weighted by Gasteiger charge is 2.01. The van der Waals surface area contributed by atoms with Crippen molar-refractivity contribution in [3.63, 3.8) is 0 Å². The topological polar surface area (TPSA) is 35.5 Å². The molecule has 0 aliphatic rings. The van der Waals surface area contributed by atoms with Crippen LogP contribution in [0.25, 0.3) is 0 Å². The molecular formula is C15H26O3. The second-order valence-electron chi connectivity index (χ2n) is 4.36. The molecule has 0 saturated carbocycles. The van der Waals surface area contributed by atoms with Gasteiger partial charge in [0.25, 0.3) is 0 Å². The number of esters is 1. The van der Waals surface area contributed by atoms with Crippen LogP contribution in [0, 0.1) is 0 Å². The predicted octanol–water partition coefficient (Wildman–Crippen LogP) is 4.00. The Bertz CT molecular complexity index is 256. The molecule has 0 radical (unpaired) electrons. The molecule has 0 unspecified atom stereocenters. The monoisotopic (exact) mass is 254 g/mol. The Morgan fingerprint density at radius 2 is 1.94 bits per heavy atom. The van der Waals surface area contributed by atoms with Gasteiger partial charge in [0.2, 0.25) is 0 Å². The van der Waals surface area contributed by atoms with Crippen molar-refractivity contribution in [2.24, 2.45) is 0 Å². The van der Waals surface area contributed by atoms with E-state index in [9.17, 15) is 4.79 Å². The summed E-state index contributed by atoms with van der Waals surface area (Å²) in [5.41, 5.74) is 0.433. The van der Waals surface area contributed by atoms with Gasteiger partial charge in [-0.3, -0.25) is 0 Å². The molecule has 0 N–H and O–H groups in total. The van der Waals surface area contributed by atoms with Crippen molar-refractivity contribution >= 4 is 5.97 Å². The van der Waals surface area contributed by atoms with Gasteiger partial charge in [0, 0.05) is 12.0 Å². The summed E-state index contributed by atoms with van der Waals surface area (Å²) in [5.74, 6) is -0.332. The molecule has 0 amide bonds. The summed E-state index contributed by atoms with van der Waals surface area (Å²) < 4.78 is 10.2. The predicted molar refractivity (Wildman–Crippen MR) is 74.2 cm³/mol. The second-order valence-corrected chi connectivity index (χ2v) is 4.36. The third-order valence-corrected chi connectivity index (χ3v) is 2.40. The van der Waals surface area contributed by atoms with Gasteiger partial charge >= 0.3 is 5.97 Å². The van der Waals surface area contributed by atoms with Crippen molar-refractivity contribution < 1.29 is 14.3 Å².